The fourth-order valence-corrected chi connectivity index (χ4v) is 2.04. The highest BCUT2D eigenvalue weighted by atomic mass is 19.1. The molecule has 19 heavy (non-hydrogen) atoms. The number of alkyl halides is 1. The molecule has 2 atom stereocenters. The van der Waals surface area contributed by atoms with Crippen molar-refractivity contribution >= 4 is 6.09 Å². The summed E-state index contributed by atoms with van der Waals surface area (Å²) in [6, 6.07) is 8.18. The first-order valence-electron chi connectivity index (χ1n) is 5.92. The van der Waals surface area contributed by atoms with Crippen LogP contribution in [0.4, 0.5) is 9.18 Å². The highest BCUT2D eigenvalue weighted by Crippen LogP contribution is 2.24. The topological polar surface area (TPSA) is 73.6 Å². The standard InChI is InChI=1S/C13H13FN2O3/c14-11-5-2-6-16(13(17)18)12(11)19-10-4-1-3-9(7-10)8-15/h1,3-4,7,11-12H,2,5-6H2,(H,17,18). The predicted octanol–water partition coefficient (Wildman–Crippen LogP) is 2.38. The largest absolute Gasteiger partial charge is 0.467 e. The lowest BCUT2D eigenvalue weighted by Crippen LogP contribution is -2.52. The Labute approximate surface area is 109 Å². The van der Waals surface area contributed by atoms with E-state index in [1.165, 1.54) is 6.07 Å². The van der Waals surface area contributed by atoms with Gasteiger partial charge in [0.15, 0.2) is 6.17 Å². The van der Waals surface area contributed by atoms with Crippen molar-refractivity contribution in [1.82, 2.24) is 4.90 Å². The number of carbonyl (C=O) groups is 1. The molecule has 2 rings (SSSR count). The molecule has 1 aliphatic heterocycles. The Morgan fingerprint density at radius 2 is 2.37 bits per heavy atom. The molecule has 0 spiro atoms. The molecule has 0 saturated carbocycles. The lowest BCUT2D eigenvalue weighted by molar-refractivity contribution is -0.0456. The van der Waals surface area contributed by atoms with Crippen molar-refractivity contribution in [2.24, 2.45) is 0 Å². The quantitative estimate of drug-likeness (QED) is 0.890. The molecule has 1 N–H and O–H groups in total. The van der Waals surface area contributed by atoms with Crippen LogP contribution in [0.25, 0.3) is 0 Å². The van der Waals surface area contributed by atoms with E-state index < -0.39 is 18.5 Å². The van der Waals surface area contributed by atoms with Gasteiger partial charge in [0.2, 0.25) is 6.23 Å². The summed E-state index contributed by atoms with van der Waals surface area (Å²) < 4.78 is 19.2. The van der Waals surface area contributed by atoms with E-state index in [1.54, 1.807) is 18.2 Å². The fraction of sp³-hybridized carbons (Fsp3) is 0.385. The number of amides is 1. The Kier molecular flexibility index (Phi) is 3.85. The van der Waals surface area contributed by atoms with Crippen LogP contribution >= 0.6 is 0 Å². The summed E-state index contributed by atoms with van der Waals surface area (Å²) in [6.45, 7) is 0.248. The molecular weight excluding hydrogens is 251 g/mol. The molecule has 0 radical (unpaired) electrons. The van der Waals surface area contributed by atoms with E-state index in [1.807, 2.05) is 6.07 Å². The second-order valence-electron chi connectivity index (χ2n) is 4.28. The molecule has 0 aliphatic carbocycles. The molecule has 0 bridgehead atoms. The van der Waals surface area contributed by atoms with Crippen molar-refractivity contribution < 1.29 is 19.0 Å². The van der Waals surface area contributed by atoms with Crippen molar-refractivity contribution in [3.05, 3.63) is 29.8 Å². The van der Waals surface area contributed by atoms with Gasteiger partial charge in [-0.3, -0.25) is 4.90 Å². The van der Waals surface area contributed by atoms with Crippen LogP contribution in [0.1, 0.15) is 18.4 Å². The van der Waals surface area contributed by atoms with E-state index in [-0.39, 0.29) is 13.0 Å². The van der Waals surface area contributed by atoms with Crippen LogP contribution in [-0.4, -0.2) is 35.0 Å². The average molecular weight is 264 g/mol. The Morgan fingerprint density at radius 3 is 3.05 bits per heavy atom. The first kappa shape index (κ1) is 13.1. The molecular formula is C13H13FN2O3. The van der Waals surface area contributed by atoms with Crippen LogP contribution in [0.2, 0.25) is 0 Å². The minimum atomic E-state index is -1.37. The zero-order valence-electron chi connectivity index (χ0n) is 10.1. The molecule has 1 amide bonds. The second-order valence-corrected chi connectivity index (χ2v) is 4.28. The molecule has 2 unspecified atom stereocenters. The Morgan fingerprint density at radius 1 is 1.58 bits per heavy atom. The van der Waals surface area contributed by atoms with E-state index in [4.69, 9.17) is 15.1 Å². The first-order valence-corrected chi connectivity index (χ1v) is 5.92. The van der Waals surface area contributed by atoms with E-state index in [0.29, 0.717) is 17.7 Å². The summed E-state index contributed by atoms with van der Waals surface area (Å²) in [5.41, 5.74) is 0.380. The number of likely N-dealkylation sites (tertiary alicyclic amines) is 1. The number of halogens is 1. The Hall–Kier alpha value is -2.29. The van der Waals surface area contributed by atoms with Crippen molar-refractivity contribution in [3.63, 3.8) is 0 Å². The molecule has 1 saturated heterocycles. The third-order valence-electron chi connectivity index (χ3n) is 2.96. The van der Waals surface area contributed by atoms with Gasteiger partial charge in [0.05, 0.1) is 11.6 Å². The van der Waals surface area contributed by atoms with E-state index in [0.717, 1.165) is 4.90 Å². The summed E-state index contributed by atoms with van der Waals surface area (Å²) >= 11 is 0. The van der Waals surface area contributed by atoms with Gasteiger partial charge >= 0.3 is 6.09 Å². The summed E-state index contributed by atoms with van der Waals surface area (Å²) in [5, 5.41) is 17.8. The van der Waals surface area contributed by atoms with Gasteiger partial charge in [-0.2, -0.15) is 5.26 Å². The lowest BCUT2D eigenvalue weighted by Gasteiger charge is -2.35. The monoisotopic (exact) mass is 264 g/mol. The maximum atomic E-state index is 13.8. The number of hydrogen-bond donors (Lipinski definition) is 1. The van der Waals surface area contributed by atoms with Crippen molar-refractivity contribution in [2.45, 2.75) is 25.2 Å². The third kappa shape index (κ3) is 2.94. The second kappa shape index (κ2) is 5.57. The molecule has 5 nitrogen and oxygen atoms in total. The van der Waals surface area contributed by atoms with Gasteiger partial charge in [-0.05, 0) is 31.0 Å². The summed E-state index contributed by atoms with van der Waals surface area (Å²) in [7, 11) is 0. The molecule has 1 aliphatic rings. The van der Waals surface area contributed by atoms with Crippen LogP contribution < -0.4 is 4.74 Å². The van der Waals surface area contributed by atoms with Crippen LogP contribution in [0.15, 0.2) is 24.3 Å². The number of ether oxygens (including phenoxy) is 1. The number of nitrogens with zero attached hydrogens (tertiary/aromatic N) is 2. The SMILES string of the molecule is N#Cc1cccc(OC2C(F)CCCN2C(=O)O)c1. The Balaban J connectivity index is 2.18. The van der Waals surface area contributed by atoms with Gasteiger partial charge in [-0.1, -0.05) is 6.07 Å². The van der Waals surface area contributed by atoms with Gasteiger partial charge in [0, 0.05) is 6.54 Å². The third-order valence-corrected chi connectivity index (χ3v) is 2.96. The predicted molar refractivity (Wildman–Crippen MR) is 64.4 cm³/mol. The van der Waals surface area contributed by atoms with Crippen LogP contribution in [-0.2, 0) is 0 Å². The summed E-state index contributed by atoms with van der Waals surface area (Å²) in [4.78, 5) is 12.0. The average Bonchev–Trinajstić information content (AvgIpc) is 2.41. The Bertz CT molecular complexity index is 515. The number of carboxylic acid groups (broad SMARTS) is 1. The van der Waals surface area contributed by atoms with Crippen molar-refractivity contribution in [2.75, 3.05) is 6.54 Å². The fourth-order valence-electron chi connectivity index (χ4n) is 2.04. The van der Waals surface area contributed by atoms with Gasteiger partial charge in [-0.15, -0.1) is 0 Å². The number of hydrogen-bond acceptors (Lipinski definition) is 3. The maximum absolute atomic E-state index is 13.8. The van der Waals surface area contributed by atoms with Gasteiger partial charge < -0.3 is 9.84 Å². The summed E-state index contributed by atoms with van der Waals surface area (Å²) in [5.74, 6) is 0.292. The van der Waals surface area contributed by atoms with E-state index in [9.17, 15) is 9.18 Å². The smallest absolute Gasteiger partial charge is 0.410 e. The van der Waals surface area contributed by atoms with Gasteiger partial charge in [0.1, 0.15) is 5.75 Å². The molecule has 0 aromatic heterocycles. The molecule has 6 heteroatoms. The van der Waals surface area contributed by atoms with E-state index >= 15 is 0 Å². The number of piperidine rings is 1. The van der Waals surface area contributed by atoms with E-state index in [2.05, 4.69) is 0 Å². The molecule has 1 fully saturated rings. The van der Waals surface area contributed by atoms with Crippen molar-refractivity contribution in [3.8, 4) is 11.8 Å². The zero-order valence-corrected chi connectivity index (χ0v) is 10.1. The highest BCUT2D eigenvalue weighted by Gasteiger charge is 2.36. The van der Waals surface area contributed by atoms with Gasteiger partial charge in [0.25, 0.3) is 0 Å². The molecule has 1 heterocycles. The minimum absolute atomic E-state index is 0.248. The number of rotatable bonds is 2. The molecule has 100 valence electrons. The highest BCUT2D eigenvalue weighted by molar-refractivity contribution is 5.65. The number of nitriles is 1. The normalized spacial score (nSPS) is 22.6. The van der Waals surface area contributed by atoms with Crippen LogP contribution in [0.3, 0.4) is 0 Å². The lowest BCUT2D eigenvalue weighted by atomic mass is 10.1. The first-order chi connectivity index (χ1) is 9.11. The molecule has 1 aromatic carbocycles. The maximum Gasteiger partial charge on any atom is 0.410 e. The minimum Gasteiger partial charge on any atom is -0.467 e. The zero-order chi connectivity index (χ0) is 13.8. The molecule has 1 aromatic rings. The van der Waals surface area contributed by atoms with Crippen LogP contribution in [0.5, 0.6) is 5.75 Å². The van der Waals surface area contributed by atoms with Crippen molar-refractivity contribution in [1.29, 1.82) is 5.26 Å². The van der Waals surface area contributed by atoms with Gasteiger partial charge in [-0.25, -0.2) is 9.18 Å². The van der Waals surface area contributed by atoms with Crippen LogP contribution in [0, 0.1) is 11.3 Å². The number of benzene rings is 1. The summed E-state index contributed by atoms with van der Waals surface area (Å²) in [6.07, 6.45) is -2.97.